The van der Waals surface area contributed by atoms with Crippen LogP contribution in [0.1, 0.15) is 12.0 Å². The number of carbonyl (C=O) groups excluding carboxylic acids is 1. The van der Waals surface area contributed by atoms with Gasteiger partial charge in [-0.05, 0) is 24.1 Å². The average Bonchev–Trinajstić information content (AvgIpc) is 2.92. The minimum absolute atomic E-state index is 0.170. The Hall–Kier alpha value is -2.83. The highest BCUT2D eigenvalue weighted by Crippen LogP contribution is 2.13. The van der Waals surface area contributed by atoms with Crippen LogP contribution in [0.3, 0.4) is 0 Å². The molecule has 1 aromatic carbocycles. The Bertz CT molecular complexity index is 649. The summed E-state index contributed by atoms with van der Waals surface area (Å²) in [5.74, 6) is -0.0324. The summed E-state index contributed by atoms with van der Waals surface area (Å²) in [6.45, 7) is -0.234. The monoisotopic (exact) mass is 303 g/mol. The molecular formula is C15H17N3O4. The zero-order chi connectivity index (χ0) is 15.9. The van der Waals surface area contributed by atoms with Crippen molar-refractivity contribution in [3.63, 3.8) is 0 Å². The lowest BCUT2D eigenvalue weighted by Gasteiger charge is -2.04. The van der Waals surface area contributed by atoms with E-state index in [1.165, 1.54) is 10.9 Å². The molecule has 0 aliphatic carbocycles. The highest BCUT2D eigenvalue weighted by atomic mass is 16.5. The van der Waals surface area contributed by atoms with Crippen LogP contribution in [0.25, 0.3) is 0 Å². The highest BCUT2D eigenvalue weighted by Gasteiger charge is 2.07. The second kappa shape index (κ2) is 7.26. The van der Waals surface area contributed by atoms with Crippen molar-refractivity contribution in [1.82, 2.24) is 9.78 Å². The number of anilines is 1. The maximum Gasteiger partial charge on any atom is 0.325 e. The predicted octanol–water partition coefficient (Wildman–Crippen LogP) is 1.55. The molecule has 22 heavy (non-hydrogen) atoms. The van der Waals surface area contributed by atoms with E-state index < -0.39 is 5.97 Å². The summed E-state index contributed by atoms with van der Waals surface area (Å²) in [7, 11) is 1.60. The van der Waals surface area contributed by atoms with Crippen molar-refractivity contribution in [3.05, 3.63) is 42.1 Å². The number of benzene rings is 1. The van der Waals surface area contributed by atoms with E-state index in [0.29, 0.717) is 18.7 Å². The van der Waals surface area contributed by atoms with Crippen LogP contribution in [0, 0.1) is 0 Å². The predicted molar refractivity (Wildman–Crippen MR) is 79.8 cm³/mol. The molecule has 1 amide bonds. The Morgan fingerprint density at radius 2 is 2.00 bits per heavy atom. The first kappa shape index (κ1) is 15.6. The molecule has 0 saturated heterocycles. The minimum Gasteiger partial charge on any atom is -0.497 e. The molecule has 0 unspecified atom stereocenters. The lowest BCUT2D eigenvalue weighted by Crippen LogP contribution is -2.14. The van der Waals surface area contributed by atoms with Gasteiger partial charge in [-0.25, -0.2) is 0 Å². The summed E-state index contributed by atoms with van der Waals surface area (Å²) >= 11 is 0. The van der Waals surface area contributed by atoms with Gasteiger partial charge in [0, 0.05) is 18.7 Å². The van der Waals surface area contributed by atoms with Crippen molar-refractivity contribution < 1.29 is 19.4 Å². The van der Waals surface area contributed by atoms with E-state index in [1.54, 1.807) is 13.2 Å². The van der Waals surface area contributed by atoms with Gasteiger partial charge in [-0.3, -0.25) is 14.3 Å². The van der Waals surface area contributed by atoms with Crippen molar-refractivity contribution in [2.75, 3.05) is 12.4 Å². The molecule has 1 aromatic heterocycles. The zero-order valence-corrected chi connectivity index (χ0v) is 12.2. The first-order valence-electron chi connectivity index (χ1n) is 6.75. The molecule has 116 valence electrons. The van der Waals surface area contributed by atoms with Crippen molar-refractivity contribution in [1.29, 1.82) is 0 Å². The fraction of sp³-hybridized carbons (Fsp3) is 0.267. The number of rotatable bonds is 7. The second-order valence-corrected chi connectivity index (χ2v) is 4.69. The SMILES string of the molecule is COc1ccc(CCC(=O)Nc2ccn(CC(=O)O)n2)cc1. The van der Waals surface area contributed by atoms with Crippen molar-refractivity contribution in [2.24, 2.45) is 0 Å². The average molecular weight is 303 g/mol. The van der Waals surface area contributed by atoms with Gasteiger partial charge >= 0.3 is 5.97 Å². The summed E-state index contributed by atoms with van der Waals surface area (Å²) < 4.78 is 6.32. The molecule has 0 atom stereocenters. The topological polar surface area (TPSA) is 93.5 Å². The van der Waals surface area contributed by atoms with E-state index in [1.807, 2.05) is 24.3 Å². The van der Waals surface area contributed by atoms with Gasteiger partial charge in [-0.15, -0.1) is 0 Å². The number of aliphatic carboxylic acids is 1. The van der Waals surface area contributed by atoms with Crippen LogP contribution in [0.15, 0.2) is 36.5 Å². The van der Waals surface area contributed by atoms with E-state index in [4.69, 9.17) is 9.84 Å². The molecule has 0 fully saturated rings. The van der Waals surface area contributed by atoms with Crippen LogP contribution in [0.4, 0.5) is 5.82 Å². The number of hydrogen-bond donors (Lipinski definition) is 2. The Kier molecular flexibility index (Phi) is 5.13. The van der Waals surface area contributed by atoms with Crippen molar-refractivity contribution in [3.8, 4) is 5.75 Å². The normalized spacial score (nSPS) is 10.2. The third-order valence-corrected chi connectivity index (χ3v) is 3.01. The summed E-state index contributed by atoms with van der Waals surface area (Å²) in [5, 5.41) is 15.2. The number of carboxylic acid groups (broad SMARTS) is 1. The van der Waals surface area contributed by atoms with Gasteiger partial charge in [-0.2, -0.15) is 5.10 Å². The second-order valence-electron chi connectivity index (χ2n) is 4.69. The fourth-order valence-electron chi connectivity index (χ4n) is 1.91. The standard InChI is InChI=1S/C15H17N3O4/c1-22-12-5-2-11(3-6-12)4-7-14(19)16-13-8-9-18(17-13)10-15(20)21/h2-3,5-6,8-9H,4,7,10H2,1H3,(H,20,21)(H,16,17,19). The van der Waals surface area contributed by atoms with Crippen LogP contribution in [-0.2, 0) is 22.6 Å². The van der Waals surface area contributed by atoms with Gasteiger partial charge in [0.25, 0.3) is 0 Å². The molecule has 0 saturated carbocycles. The number of methoxy groups -OCH3 is 1. The molecule has 2 rings (SSSR count). The van der Waals surface area contributed by atoms with Crippen LogP contribution in [0.5, 0.6) is 5.75 Å². The van der Waals surface area contributed by atoms with Crippen LogP contribution < -0.4 is 10.1 Å². The molecule has 0 radical (unpaired) electrons. The molecule has 7 nitrogen and oxygen atoms in total. The number of nitrogens with one attached hydrogen (secondary N) is 1. The highest BCUT2D eigenvalue weighted by molar-refractivity contribution is 5.89. The molecular weight excluding hydrogens is 286 g/mol. The van der Waals surface area contributed by atoms with E-state index in [2.05, 4.69) is 10.4 Å². The quantitative estimate of drug-likeness (QED) is 0.809. The maximum atomic E-state index is 11.8. The Labute approximate surface area is 127 Å². The molecule has 2 N–H and O–H groups in total. The number of carbonyl (C=O) groups is 2. The van der Waals surface area contributed by atoms with E-state index in [9.17, 15) is 9.59 Å². The first-order valence-corrected chi connectivity index (χ1v) is 6.75. The molecule has 0 bridgehead atoms. The fourth-order valence-corrected chi connectivity index (χ4v) is 1.91. The number of aromatic nitrogens is 2. The maximum absolute atomic E-state index is 11.8. The van der Waals surface area contributed by atoms with Crippen LogP contribution in [-0.4, -0.2) is 33.9 Å². The summed E-state index contributed by atoms with van der Waals surface area (Å²) in [6.07, 6.45) is 2.43. The van der Waals surface area contributed by atoms with Gasteiger partial charge in [0.05, 0.1) is 7.11 Å². The van der Waals surface area contributed by atoms with E-state index in [-0.39, 0.29) is 12.5 Å². The third kappa shape index (κ3) is 4.62. The summed E-state index contributed by atoms with van der Waals surface area (Å²) in [6, 6.07) is 9.08. The Balaban J connectivity index is 1.82. The molecule has 7 heteroatoms. The molecule has 0 spiro atoms. The van der Waals surface area contributed by atoms with E-state index in [0.717, 1.165) is 11.3 Å². The lowest BCUT2D eigenvalue weighted by atomic mass is 10.1. The number of hydrogen-bond acceptors (Lipinski definition) is 4. The van der Waals surface area contributed by atoms with Gasteiger partial charge in [0.15, 0.2) is 5.82 Å². The van der Waals surface area contributed by atoms with Gasteiger partial charge in [0.2, 0.25) is 5.91 Å². The molecule has 0 aliphatic heterocycles. The molecule has 0 aliphatic rings. The molecule has 1 heterocycles. The van der Waals surface area contributed by atoms with Crippen LogP contribution >= 0.6 is 0 Å². The number of aryl methyl sites for hydroxylation is 1. The number of amides is 1. The van der Waals surface area contributed by atoms with E-state index >= 15 is 0 Å². The van der Waals surface area contributed by atoms with Crippen LogP contribution in [0.2, 0.25) is 0 Å². The number of carboxylic acids is 1. The van der Waals surface area contributed by atoms with Gasteiger partial charge < -0.3 is 15.2 Å². The minimum atomic E-state index is -0.986. The van der Waals surface area contributed by atoms with Crippen molar-refractivity contribution in [2.45, 2.75) is 19.4 Å². The lowest BCUT2D eigenvalue weighted by molar-refractivity contribution is -0.137. The van der Waals surface area contributed by atoms with Gasteiger partial charge in [-0.1, -0.05) is 12.1 Å². The number of nitrogens with zero attached hydrogens (tertiary/aromatic N) is 2. The summed E-state index contributed by atoms with van der Waals surface area (Å²) in [5.41, 5.74) is 1.03. The largest absolute Gasteiger partial charge is 0.497 e. The summed E-state index contributed by atoms with van der Waals surface area (Å²) in [4.78, 5) is 22.4. The zero-order valence-electron chi connectivity index (χ0n) is 12.2. The molecule has 2 aromatic rings. The number of ether oxygens (including phenoxy) is 1. The Morgan fingerprint density at radius 1 is 1.27 bits per heavy atom. The van der Waals surface area contributed by atoms with Gasteiger partial charge in [0.1, 0.15) is 12.3 Å². The van der Waals surface area contributed by atoms with Crippen molar-refractivity contribution >= 4 is 17.7 Å². The third-order valence-electron chi connectivity index (χ3n) is 3.01. The first-order chi connectivity index (χ1) is 10.6. The Morgan fingerprint density at radius 3 is 2.64 bits per heavy atom. The smallest absolute Gasteiger partial charge is 0.325 e.